The number of benzene rings is 2. The fourth-order valence-electron chi connectivity index (χ4n) is 2.97. The minimum absolute atomic E-state index is 0.639. The molecule has 2 aromatic rings. The predicted molar refractivity (Wildman–Crippen MR) is 89.9 cm³/mol. The quantitative estimate of drug-likeness (QED) is 0.824. The molecular formula is C19H22ClN. The molecule has 0 bridgehead atoms. The molecule has 0 atom stereocenters. The van der Waals surface area contributed by atoms with E-state index in [1.165, 1.54) is 29.5 Å². The molecule has 21 heavy (non-hydrogen) atoms. The van der Waals surface area contributed by atoms with Gasteiger partial charge in [0.1, 0.15) is 0 Å². The lowest BCUT2D eigenvalue weighted by Gasteiger charge is -2.36. The standard InChI is InChI=1S/C19H22ClN/c1-2-14-6-8-15(9-7-14)13-21-19-11-17(12-19)16-4-3-5-18(20)10-16/h3-10,17,19,21H,2,11-13H2,1H3. The highest BCUT2D eigenvalue weighted by molar-refractivity contribution is 6.30. The van der Waals surface area contributed by atoms with Crippen LogP contribution in [0.5, 0.6) is 0 Å². The average Bonchev–Trinajstić information content (AvgIpc) is 2.46. The third-order valence-electron chi connectivity index (χ3n) is 4.48. The number of aryl methyl sites for hydroxylation is 1. The highest BCUT2D eigenvalue weighted by Gasteiger charge is 2.29. The van der Waals surface area contributed by atoms with Crippen molar-refractivity contribution in [3.8, 4) is 0 Å². The molecule has 0 aliphatic heterocycles. The van der Waals surface area contributed by atoms with Gasteiger partial charge in [-0.25, -0.2) is 0 Å². The summed E-state index contributed by atoms with van der Waals surface area (Å²) in [5.74, 6) is 0.670. The van der Waals surface area contributed by atoms with E-state index in [4.69, 9.17) is 11.6 Å². The monoisotopic (exact) mass is 299 g/mol. The molecule has 1 aliphatic carbocycles. The highest BCUT2D eigenvalue weighted by Crippen LogP contribution is 2.37. The molecule has 0 amide bonds. The Morgan fingerprint density at radius 3 is 2.43 bits per heavy atom. The Morgan fingerprint density at radius 2 is 1.76 bits per heavy atom. The summed E-state index contributed by atoms with van der Waals surface area (Å²) in [6.45, 7) is 3.16. The van der Waals surface area contributed by atoms with E-state index in [1.54, 1.807) is 0 Å². The summed E-state index contributed by atoms with van der Waals surface area (Å²) < 4.78 is 0. The minimum atomic E-state index is 0.639. The third kappa shape index (κ3) is 3.66. The number of rotatable bonds is 5. The summed E-state index contributed by atoms with van der Waals surface area (Å²) in [4.78, 5) is 0. The van der Waals surface area contributed by atoms with Gasteiger partial charge in [-0.15, -0.1) is 0 Å². The van der Waals surface area contributed by atoms with E-state index >= 15 is 0 Å². The van der Waals surface area contributed by atoms with Gasteiger partial charge in [0.15, 0.2) is 0 Å². The van der Waals surface area contributed by atoms with Gasteiger partial charge in [-0.05, 0) is 54.0 Å². The molecule has 0 radical (unpaired) electrons. The summed E-state index contributed by atoms with van der Waals surface area (Å²) in [6.07, 6.45) is 3.54. The van der Waals surface area contributed by atoms with Gasteiger partial charge in [0, 0.05) is 17.6 Å². The van der Waals surface area contributed by atoms with E-state index in [-0.39, 0.29) is 0 Å². The normalized spacial score (nSPS) is 21.0. The Balaban J connectivity index is 1.46. The first-order valence-corrected chi connectivity index (χ1v) is 8.19. The maximum absolute atomic E-state index is 6.06. The Labute approximate surface area is 132 Å². The smallest absolute Gasteiger partial charge is 0.0408 e. The Bertz CT molecular complexity index is 585. The summed E-state index contributed by atoms with van der Waals surface area (Å²) in [5, 5.41) is 4.50. The zero-order valence-electron chi connectivity index (χ0n) is 12.5. The van der Waals surface area contributed by atoms with Crippen LogP contribution < -0.4 is 5.32 Å². The minimum Gasteiger partial charge on any atom is -0.310 e. The van der Waals surface area contributed by atoms with Crippen LogP contribution in [0.2, 0.25) is 5.02 Å². The molecule has 3 rings (SSSR count). The molecule has 0 aromatic heterocycles. The molecule has 0 saturated heterocycles. The molecule has 1 aliphatic rings. The van der Waals surface area contributed by atoms with Crippen molar-refractivity contribution in [3.05, 3.63) is 70.2 Å². The molecule has 1 saturated carbocycles. The van der Waals surface area contributed by atoms with Crippen LogP contribution in [0.1, 0.15) is 42.4 Å². The van der Waals surface area contributed by atoms with E-state index < -0.39 is 0 Å². The Kier molecular flexibility index (Phi) is 4.62. The molecule has 1 nitrogen and oxygen atoms in total. The maximum atomic E-state index is 6.06. The van der Waals surface area contributed by atoms with Crippen LogP contribution in [-0.4, -0.2) is 6.04 Å². The van der Waals surface area contributed by atoms with Gasteiger partial charge in [0.05, 0.1) is 0 Å². The number of hydrogen-bond acceptors (Lipinski definition) is 1. The maximum Gasteiger partial charge on any atom is 0.0408 e. The van der Waals surface area contributed by atoms with Gasteiger partial charge >= 0.3 is 0 Å². The van der Waals surface area contributed by atoms with Gasteiger partial charge in [-0.1, -0.05) is 54.9 Å². The Hall–Kier alpha value is -1.31. The van der Waals surface area contributed by atoms with E-state index in [0.717, 1.165) is 18.0 Å². The van der Waals surface area contributed by atoms with Crippen LogP contribution in [0.4, 0.5) is 0 Å². The lowest BCUT2D eigenvalue weighted by molar-refractivity contribution is 0.289. The van der Waals surface area contributed by atoms with E-state index in [0.29, 0.717) is 12.0 Å². The molecule has 0 spiro atoms. The van der Waals surface area contributed by atoms with Crippen LogP contribution in [0, 0.1) is 0 Å². The Morgan fingerprint density at radius 1 is 1.05 bits per heavy atom. The van der Waals surface area contributed by atoms with Crippen molar-refractivity contribution >= 4 is 11.6 Å². The molecule has 110 valence electrons. The number of halogens is 1. The zero-order chi connectivity index (χ0) is 14.7. The van der Waals surface area contributed by atoms with E-state index in [1.807, 2.05) is 12.1 Å². The summed E-state index contributed by atoms with van der Waals surface area (Å²) in [7, 11) is 0. The van der Waals surface area contributed by atoms with Gasteiger partial charge < -0.3 is 5.32 Å². The summed E-state index contributed by atoms with van der Waals surface area (Å²) in [5.41, 5.74) is 4.16. The van der Waals surface area contributed by atoms with Crippen LogP contribution >= 0.6 is 11.6 Å². The molecule has 0 unspecified atom stereocenters. The summed E-state index contributed by atoms with van der Waals surface area (Å²) >= 11 is 6.06. The number of hydrogen-bond donors (Lipinski definition) is 1. The molecule has 1 fully saturated rings. The van der Waals surface area contributed by atoms with Crippen molar-refractivity contribution in [1.82, 2.24) is 5.32 Å². The first-order valence-electron chi connectivity index (χ1n) is 7.81. The van der Waals surface area contributed by atoms with Crippen molar-refractivity contribution < 1.29 is 0 Å². The van der Waals surface area contributed by atoms with Crippen molar-refractivity contribution in [2.75, 3.05) is 0 Å². The topological polar surface area (TPSA) is 12.0 Å². The molecular weight excluding hydrogens is 278 g/mol. The fourth-order valence-corrected chi connectivity index (χ4v) is 3.17. The first-order chi connectivity index (χ1) is 10.2. The second-order valence-corrected chi connectivity index (χ2v) is 6.41. The van der Waals surface area contributed by atoms with Crippen molar-refractivity contribution in [2.45, 2.75) is 44.7 Å². The van der Waals surface area contributed by atoms with Gasteiger partial charge in [0.25, 0.3) is 0 Å². The van der Waals surface area contributed by atoms with E-state index in [9.17, 15) is 0 Å². The van der Waals surface area contributed by atoms with Crippen molar-refractivity contribution in [1.29, 1.82) is 0 Å². The van der Waals surface area contributed by atoms with Gasteiger partial charge in [-0.3, -0.25) is 0 Å². The molecule has 2 heteroatoms. The average molecular weight is 300 g/mol. The van der Waals surface area contributed by atoms with Crippen molar-refractivity contribution in [2.24, 2.45) is 0 Å². The van der Waals surface area contributed by atoms with Crippen LogP contribution in [0.3, 0.4) is 0 Å². The van der Waals surface area contributed by atoms with Crippen LogP contribution in [-0.2, 0) is 13.0 Å². The van der Waals surface area contributed by atoms with E-state index in [2.05, 4.69) is 48.6 Å². The lowest BCUT2D eigenvalue weighted by Crippen LogP contribution is -2.39. The lowest BCUT2D eigenvalue weighted by atomic mass is 9.76. The second-order valence-electron chi connectivity index (χ2n) is 5.97. The molecule has 1 N–H and O–H groups in total. The predicted octanol–water partition coefficient (Wildman–Crippen LogP) is 4.94. The molecule has 0 heterocycles. The van der Waals surface area contributed by atoms with Crippen molar-refractivity contribution in [3.63, 3.8) is 0 Å². The second kappa shape index (κ2) is 6.64. The third-order valence-corrected chi connectivity index (χ3v) is 4.72. The van der Waals surface area contributed by atoms with Crippen LogP contribution in [0.15, 0.2) is 48.5 Å². The fraction of sp³-hybridized carbons (Fsp3) is 0.368. The SMILES string of the molecule is CCc1ccc(CNC2CC(c3cccc(Cl)c3)C2)cc1. The van der Waals surface area contributed by atoms with Gasteiger partial charge in [0.2, 0.25) is 0 Å². The first kappa shape index (κ1) is 14.6. The molecule has 2 aromatic carbocycles. The van der Waals surface area contributed by atoms with Gasteiger partial charge in [-0.2, -0.15) is 0 Å². The number of nitrogens with one attached hydrogen (secondary N) is 1. The van der Waals surface area contributed by atoms with Crippen LogP contribution in [0.25, 0.3) is 0 Å². The zero-order valence-corrected chi connectivity index (χ0v) is 13.2. The summed E-state index contributed by atoms with van der Waals surface area (Å²) in [6, 6.07) is 17.9. The largest absolute Gasteiger partial charge is 0.310 e. The highest BCUT2D eigenvalue weighted by atomic mass is 35.5.